The van der Waals surface area contributed by atoms with E-state index in [9.17, 15) is 10.2 Å². The van der Waals surface area contributed by atoms with Gasteiger partial charge in [0.25, 0.3) is 0 Å². The number of hydrogen-bond acceptors (Lipinski definition) is 6. The summed E-state index contributed by atoms with van der Waals surface area (Å²) in [5, 5.41) is 33.9. The van der Waals surface area contributed by atoms with E-state index in [2.05, 4.69) is 35.1 Å². The summed E-state index contributed by atoms with van der Waals surface area (Å²) in [6, 6.07) is 0. The third kappa shape index (κ3) is 34.0. The molecule has 6 N–H and O–H groups in total. The maximum Gasteiger partial charge on any atom is 0.0664 e. The highest BCUT2D eigenvalue weighted by molar-refractivity contribution is 4.63. The van der Waals surface area contributed by atoms with Gasteiger partial charge in [-0.05, 0) is 12.8 Å². The van der Waals surface area contributed by atoms with Crippen molar-refractivity contribution in [2.75, 3.05) is 52.4 Å². The second-order valence-corrected chi connectivity index (χ2v) is 12.2. The van der Waals surface area contributed by atoms with Gasteiger partial charge >= 0.3 is 0 Å². The highest BCUT2D eigenvalue weighted by Crippen LogP contribution is 2.13. The maximum absolute atomic E-state index is 10.1. The average Bonchev–Trinajstić information content (AvgIpc) is 2.95. The third-order valence-corrected chi connectivity index (χ3v) is 7.98. The molecule has 0 aliphatic rings. The van der Waals surface area contributed by atoms with Gasteiger partial charge in [0.2, 0.25) is 0 Å². The number of rotatable bonds is 35. The molecule has 6 heteroatoms. The van der Waals surface area contributed by atoms with Crippen molar-refractivity contribution in [3.05, 3.63) is 0 Å². The molecule has 0 saturated carbocycles. The molecule has 0 saturated heterocycles. The molecule has 0 bridgehead atoms. The van der Waals surface area contributed by atoms with E-state index < -0.39 is 0 Å². The molecular weight excluding hydrogens is 496 g/mol. The van der Waals surface area contributed by atoms with Crippen LogP contribution in [0.15, 0.2) is 0 Å². The maximum atomic E-state index is 10.1. The molecule has 0 heterocycles. The Bertz CT molecular complexity index is 416. The van der Waals surface area contributed by atoms with Gasteiger partial charge in [0.05, 0.1) is 12.2 Å². The number of aliphatic hydroxyl groups is 2. The lowest BCUT2D eigenvalue weighted by Crippen LogP contribution is -2.37. The van der Waals surface area contributed by atoms with Crippen molar-refractivity contribution in [1.29, 1.82) is 0 Å². The van der Waals surface area contributed by atoms with Gasteiger partial charge in [-0.1, -0.05) is 142 Å². The molecule has 40 heavy (non-hydrogen) atoms. The Morgan fingerprint density at radius 2 is 0.600 bits per heavy atom. The Morgan fingerprint density at radius 1 is 0.350 bits per heavy atom. The molecule has 2 atom stereocenters. The summed E-state index contributed by atoms with van der Waals surface area (Å²) in [7, 11) is 0. The first-order valence-corrected chi connectivity index (χ1v) is 17.9. The minimum Gasteiger partial charge on any atom is -0.392 e. The van der Waals surface area contributed by atoms with Crippen molar-refractivity contribution in [3.63, 3.8) is 0 Å². The zero-order valence-corrected chi connectivity index (χ0v) is 27.3. The molecule has 0 rings (SSSR count). The van der Waals surface area contributed by atoms with E-state index in [4.69, 9.17) is 0 Å². The Balaban J connectivity index is 3.21. The summed E-state index contributed by atoms with van der Waals surface area (Å²) in [6.45, 7) is 11.5. The summed E-state index contributed by atoms with van der Waals surface area (Å²) < 4.78 is 0. The molecule has 0 radical (unpaired) electrons. The van der Waals surface area contributed by atoms with Crippen molar-refractivity contribution in [3.8, 4) is 0 Å². The van der Waals surface area contributed by atoms with E-state index in [0.717, 1.165) is 65.0 Å². The van der Waals surface area contributed by atoms with E-state index in [1.54, 1.807) is 0 Å². The molecule has 0 spiro atoms. The minimum atomic E-state index is -0.211. The monoisotopic (exact) mass is 571 g/mol. The lowest BCUT2D eigenvalue weighted by atomic mass is 10.0. The van der Waals surface area contributed by atoms with E-state index in [-0.39, 0.29) is 12.2 Å². The van der Waals surface area contributed by atoms with Crippen LogP contribution in [0.25, 0.3) is 0 Å². The molecule has 6 nitrogen and oxygen atoms in total. The number of aliphatic hydroxyl groups excluding tert-OH is 2. The largest absolute Gasteiger partial charge is 0.392 e. The summed E-state index contributed by atoms with van der Waals surface area (Å²) in [5.74, 6) is 0. The second-order valence-electron chi connectivity index (χ2n) is 12.2. The van der Waals surface area contributed by atoms with E-state index in [1.165, 1.54) is 116 Å². The van der Waals surface area contributed by atoms with Crippen LogP contribution in [0.1, 0.15) is 155 Å². The van der Waals surface area contributed by atoms with Gasteiger partial charge in [-0.3, -0.25) is 0 Å². The fraction of sp³-hybridized carbons (Fsp3) is 1.00. The second kappa shape index (κ2) is 35.0. The summed E-state index contributed by atoms with van der Waals surface area (Å²) in [5.41, 5.74) is 0. The van der Waals surface area contributed by atoms with Gasteiger partial charge in [-0.25, -0.2) is 0 Å². The third-order valence-electron chi connectivity index (χ3n) is 7.98. The molecule has 0 aliphatic carbocycles. The average molecular weight is 571 g/mol. The van der Waals surface area contributed by atoms with E-state index in [0.29, 0.717) is 13.1 Å². The predicted octanol–water partition coefficient (Wildman–Crippen LogP) is 6.69. The summed E-state index contributed by atoms with van der Waals surface area (Å²) in [6.07, 6.45) is 28.3. The SMILES string of the molecule is CCCCCCCCCCCCC(O)CNCCNCCNCCNCC(O)CCCCCCCCCCCC. The van der Waals surface area contributed by atoms with Crippen LogP contribution in [0.4, 0.5) is 0 Å². The zero-order valence-electron chi connectivity index (χ0n) is 27.3. The molecule has 0 aliphatic heterocycles. The van der Waals surface area contributed by atoms with Crippen molar-refractivity contribution >= 4 is 0 Å². The van der Waals surface area contributed by atoms with Gasteiger partial charge in [-0.15, -0.1) is 0 Å². The van der Waals surface area contributed by atoms with Gasteiger partial charge in [-0.2, -0.15) is 0 Å². The summed E-state index contributed by atoms with van der Waals surface area (Å²) in [4.78, 5) is 0. The molecule has 0 fully saturated rings. The smallest absolute Gasteiger partial charge is 0.0664 e. The van der Waals surface area contributed by atoms with Crippen LogP contribution in [-0.2, 0) is 0 Å². The highest BCUT2D eigenvalue weighted by Gasteiger charge is 2.04. The van der Waals surface area contributed by atoms with Crippen LogP contribution >= 0.6 is 0 Å². The Morgan fingerprint density at radius 3 is 0.900 bits per heavy atom. The summed E-state index contributed by atoms with van der Waals surface area (Å²) >= 11 is 0. The molecule has 0 aromatic heterocycles. The number of hydrogen-bond donors (Lipinski definition) is 6. The van der Waals surface area contributed by atoms with Crippen molar-refractivity contribution in [2.24, 2.45) is 0 Å². The molecule has 0 amide bonds. The fourth-order valence-electron chi connectivity index (χ4n) is 5.26. The van der Waals surface area contributed by atoms with Gasteiger partial charge in [0.15, 0.2) is 0 Å². The molecule has 0 aromatic carbocycles. The van der Waals surface area contributed by atoms with E-state index >= 15 is 0 Å². The normalized spacial score (nSPS) is 13.2. The molecular formula is C34H74N4O2. The Labute approximate surface area is 251 Å². The highest BCUT2D eigenvalue weighted by atomic mass is 16.3. The first kappa shape index (κ1) is 39.8. The standard InChI is InChI=1S/C34H74N4O2/c1-3-5-7-9-11-13-15-17-19-21-23-33(39)31-37-29-27-35-25-26-36-28-30-38-32-34(40)24-22-20-18-16-14-12-10-8-6-4-2/h33-40H,3-32H2,1-2H3. The zero-order chi connectivity index (χ0) is 29.2. The van der Waals surface area contributed by atoms with Crippen molar-refractivity contribution < 1.29 is 10.2 Å². The molecule has 0 aromatic rings. The Hall–Kier alpha value is -0.240. The van der Waals surface area contributed by atoms with Gasteiger partial charge in [0, 0.05) is 52.4 Å². The van der Waals surface area contributed by atoms with Crippen molar-refractivity contribution in [2.45, 2.75) is 167 Å². The Kier molecular flexibility index (Phi) is 34.7. The predicted molar refractivity (Wildman–Crippen MR) is 176 cm³/mol. The topological polar surface area (TPSA) is 88.6 Å². The lowest BCUT2D eigenvalue weighted by Gasteiger charge is -2.13. The van der Waals surface area contributed by atoms with E-state index in [1.807, 2.05) is 0 Å². The number of nitrogens with one attached hydrogen (secondary N) is 4. The van der Waals surface area contributed by atoms with Crippen molar-refractivity contribution in [1.82, 2.24) is 21.3 Å². The van der Waals surface area contributed by atoms with Crippen LogP contribution in [0, 0.1) is 0 Å². The van der Waals surface area contributed by atoms with Crippen LogP contribution < -0.4 is 21.3 Å². The first-order chi connectivity index (χ1) is 19.7. The first-order valence-electron chi connectivity index (χ1n) is 17.9. The minimum absolute atomic E-state index is 0.211. The van der Waals surface area contributed by atoms with Crippen LogP contribution in [0.2, 0.25) is 0 Å². The molecule has 2 unspecified atom stereocenters. The van der Waals surface area contributed by atoms with Gasteiger partial charge < -0.3 is 31.5 Å². The quantitative estimate of drug-likeness (QED) is 0.0476. The van der Waals surface area contributed by atoms with Crippen LogP contribution in [0.3, 0.4) is 0 Å². The van der Waals surface area contributed by atoms with Crippen LogP contribution in [-0.4, -0.2) is 74.8 Å². The van der Waals surface area contributed by atoms with Crippen LogP contribution in [0.5, 0.6) is 0 Å². The number of unbranched alkanes of at least 4 members (excludes halogenated alkanes) is 18. The fourth-order valence-corrected chi connectivity index (χ4v) is 5.26. The lowest BCUT2D eigenvalue weighted by molar-refractivity contribution is 0.157. The molecule has 242 valence electrons. The van der Waals surface area contributed by atoms with Gasteiger partial charge in [0.1, 0.15) is 0 Å².